The van der Waals surface area contributed by atoms with Gasteiger partial charge < -0.3 is 18.9 Å². The molecule has 5 aromatic rings. The molecule has 0 saturated carbocycles. The molecular weight excluding hydrogens is 673 g/mol. The first-order valence-corrected chi connectivity index (χ1v) is 20.3. The van der Waals surface area contributed by atoms with Crippen molar-refractivity contribution >= 4 is 59.7 Å². The maximum absolute atomic E-state index is 16.3. The van der Waals surface area contributed by atoms with Crippen LogP contribution < -0.4 is 9.80 Å². The molecule has 1 N–H and O–H groups in total. The van der Waals surface area contributed by atoms with Crippen LogP contribution in [0.4, 0.5) is 21.2 Å². The normalized spacial score (nSPS) is 22.8. The highest BCUT2D eigenvalue weighted by molar-refractivity contribution is 6.72. The summed E-state index contributed by atoms with van der Waals surface area (Å²) < 4.78 is 24.8. The van der Waals surface area contributed by atoms with Gasteiger partial charge in [-0.2, -0.15) is 0 Å². The Morgan fingerprint density at radius 2 is 1.78 bits per heavy atom. The number of aryl methyl sites for hydroxylation is 1. The minimum atomic E-state index is -3.35. The van der Waals surface area contributed by atoms with E-state index in [0.29, 0.717) is 46.9 Å². The number of benzene rings is 4. The lowest BCUT2D eigenvalue weighted by Crippen LogP contribution is -2.45. The van der Waals surface area contributed by atoms with Gasteiger partial charge >= 0.3 is 0 Å². The number of aliphatic hydroxyl groups excluding tert-OH is 1. The second-order valence-electron chi connectivity index (χ2n) is 14.0. The van der Waals surface area contributed by atoms with Gasteiger partial charge in [-0.15, -0.1) is 5.10 Å². The zero-order valence-corrected chi connectivity index (χ0v) is 29.8. The lowest BCUT2D eigenvalue weighted by Gasteiger charge is -2.31. The van der Waals surface area contributed by atoms with E-state index in [1.54, 1.807) is 45.9 Å². The number of fused-ring (bicyclic) bond motifs is 2. The number of amides is 2. The number of anilines is 3. The molecule has 4 aromatic carbocycles. The molecule has 50 heavy (non-hydrogen) atoms. The molecule has 1 aromatic heterocycles. The fourth-order valence-electron chi connectivity index (χ4n) is 8.49. The summed E-state index contributed by atoms with van der Waals surface area (Å²) in [5.41, 5.74) is 3.29. The van der Waals surface area contributed by atoms with Crippen LogP contribution in [0.15, 0.2) is 85.1 Å². The number of carbonyl (C=O) groups excluding carboxylic acids is 2. The Bertz CT molecular complexity index is 2150. The Labute approximate surface area is 295 Å². The molecule has 256 valence electrons. The van der Waals surface area contributed by atoms with Gasteiger partial charge in [0.05, 0.1) is 35.3 Å². The molecule has 4 heterocycles. The summed E-state index contributed by atoms with van der Waals surface area (Å²) in [6, 6.07) is 24.8. The van der Waals surface area contributed by atoms with Crippen molar-refractivity contribution in [3.8, 4) is 0 Å². The maximum atomic E-state index is 16.3. The van der Waals surface area contributed by atoms with Crippen molar-refractivity contribution in [2.75, 3.05) is 16.4 Å². The molecule has 1 saturated heterocycles. The summed E-state index contributed by atoms with van der Waals surface area (Å²) >= 11 is 6.55. The quantitative estimate of drug-likeness (QED) is 0.127. The Kier molecular flexibility index (Phi) is 7.94. The fraction of sp³-hybridized carbons (Fsp3) is 0.316. The fourth-order valence-corrected chi connectivity index (χ4v) is 11.2. The predicted octanol–water partition coefficient (Wildman–Crippen LogP) is 7.32. The molecule has 0 radical (unpaired) electrons. The monoisotopic (exact) mass is 709 g/mol. The first kappa shape index (κ1) is 32.8. The summed E-state index contributed by atoms with van der Waals surface area (Å²) in [6.45, 7) is 5.95. The van der Waals surface area contributed by atoms with Crippen molar-refractivity contribution in [2.24, 2.45) is 5.92 Å². The third-order valence-electron chi connectivity index (χ3n) is 10.6. The van der Waals surface area contributed by atoms with E-state index in [9.17, 15) is 14.7 Å². The molecule has 0 unspecified atom stereocenters. The number of aliphatic hydroxyl groups is 1. The Morgan fingerprint density at radius 1 is 1.02 bits per heavy atom. The van der Waals surface area contributed by atoms with Gasteiger partial charge in [-0.25, -0.2) is 0 Å². The molecule has 9 nitrogen and oxygen atoms in total. The van der Waals surface area contributed by atoms with Crippen LogP contribution in [0.25, 0.3) is 10.8 Å². The Morgan fingerprint density at radius 3 is 2.52 bits per heavy atom. The van der Waals surface area contributed by atoms with Gasteiger partial charge in [0.15, 0.2) is 5.60 Å². The number of nitrogens with zero attached hydrogens (tertiary/aromatic N) is 5. The van der Waals surface area contributed by atoms with Crippen LogP contribution in [0.1, 0.15) is 40.5 Å². The van der Waals surface area contributed by atoms with Crippen molar-refractivity contribution < 1.29 is 23.5 Å². The van der Waals surface area contributed by atoms with E-state index in [0.717, 1.165) is 27.7 Å². The van der Waals surface area contributed by atoms with Crippen LogP contribution in [-0.2, 0) is 34.6 Å². The van der Waals surface area contributed by atoms with E-state index < -0.39 is 31.6 Å². The molecule has 2 amide bonds. The number of hydrogen-bond donors (Lipinski definition) is 1. The largest absolute Gasteiger partial charge is 0.396 e. The van der Waals surface area contributed by atoms with Gasteiger partial charge in [0.25, 0.3) is 11.8 Å². The second kappa shape index (κ2) is 12.1. The maximum Gasteiger partial charge on any atom is 0.264 e. The average molecular weight is 710 g/mol. The third kappa shape index (κ3) is 5.09. The van der Waals surface area contributed by atoms with Crippen molar-refractivity contribution in [1.82, 2.24) is 15.0 Å². The number of halogens is 2. The number of aromatic nitrogens is 3. The zero-order valence-electron chi connectivity index (χ0n) is 28.0. The lowest BCUT2D eigenvalue weighted by molar-refractivity contribution is -0.146. The predicted molar refractivity (Wildman–Crippen MR) is 193 cm³/mol. The third-order valence-corrected chi connectivity index (χ3v) is 13.3. The first-order chi connectivity index (χ1) is 24.0. The van der Waals surface area contributed by atoms with Crippen LogP contribution in [-0.4, -0.2) is 53.0 Å². The lowest BCUT2D eigenvalue weighted by atomic mass is 9.82. The molecule has 4 atom stereocenters. The van der Waals surface area contributed by atoms with Crippen LogP contribution in [0.3, 0.4) is 0 Å². The number of hydrogen-bond acceptors (Lipinski definition) is 6. The molecule has 0 aliphatic carbocycles. The van der Waals surface area contributed by atoms with Crippen LogP contribution in [0.2, 0.25) is 23.7 Å². The average Bonchev–Trinajstić information content (AvgIpc) is 3.81. The van der Waals surface area contributed by atoms with Crippen molar-refractivity contribution in [1.29, 1.82) is 0 Å². The molecule has 0 bridgehead atoms. The Hall–Kier alpha value is -4.42. The SMILES string of the molecule is C[C@H]1[C@H]([Si](C)(C)F)[C@@H](CCn2cc(CCO)nn2)O[C@]12C(=O)N(Cc1ccc(N3C(=O)c4cccc5cccc3c45)cc1)c1ccc(Cl)cc12. The topological polar surface area (TPSA) is 101 Å². The van der Waals surface area contributed by atoms with Gasteiger partial charge in [0.2, 0.25) is 8.41 Å². The highest BCUT2D eigenvalue weighted by Gasteiger charge is 2.66. The smallest absolute Gasteiger partial charge is 0.264 e. The molecule has 3 aliphatic heterocycles. The molecule has 1 fully saturated rings. The molecular formula is C38H37ClFN5O4Si. The van der Waals surface area contributed by atoms with E-state index in [1.165, 1.54) is 0 Å². The number of ether oxygens (including phenoxy) is 1. The van der Waals surface area contributed by atoms with E-state index in [4.69, 9.17) is 16.3 Å². The van der Waals surface area contributed by atoms with Crippen LogP contribution in [0.5, 0.6) is 0 Å². The number of rotatable bonds is 9. The van der Waals surface area contributed by atoms with Crippen molar-refractivity contribution in [2.45, 2.75) is 63.2 Å². The molecule has 3 aliphatic rings. The van der Waals surface area contributed by atoms with Gasteiger partial charge in [0.1, 0.15) is 0 Å². The van der Waals surface area contributed by atoms with Crippen molar-refractivity contribution in [3.05, 3.63) is 112 Å². The summed E-state index contributed by atoms with van der Waals surface area (Å²) in [5, 5.41) is 20.0. The Balaban J connectivity index is 1.09. The minimum absolute atomic E-state index is 0.0251. The highest BCUT2D eigenvalue weighted by atomic mass is 35.5. The summed E-state index contributed by atoms with van der Waals surface area (Å²) in [5.74, 6) is -0.764. The summed E-state index contributed by atoms with van der Waals surface area (Å²) in [4.78, 5) is 31.7. The second-order valence-corrected chi connectivity index (χ2v) is 18.3. The van der Waals surface area contributed by atoms with Crippen LogP contribution in [0, 0.1) is 5.92 Å². The molecule has 8 rings (SSSR count). The van der Waals surface area contributed by atoms with Crippen LogP contribution >= 0.6 is 11.6 Å². The van der Waals surface area contributed by atoms with E-state index >= 15 is 4.11 Å². The van der Waals surface area contributed by atoms with Gasteiger partial charge in [0, 0.05) is 58.9 Å². The minimum Gasteiger partial charge on any atom is -0.396 e. The van der Waals surface area contributed by atoms with Gasteiger partial charge in [-0.05, 0) is 72.9 Å². The van der Waals surface area contributed by atoms with Crippen molar-refractivity contribution in [3.63, 3.8) is 0 Å². The highest BCUT2D eigenvalue weighted by Crippen LogP contribution is 2.60. The molecule has 1 spiro atoms. The van der Waals surface area contributed by atoms with E-state index in [-0.39, 0.29) is 25.0 Å². The van der Waals surface area contributed by atoms with Gasteiger partial charge in [-0.1, -0.05) is 60.1 Å². The standard InChI is InChI=1S/C38H37ClFN5O4Si/c1-23-35(50(2,3)40)33(16-18-43-22-27(17-19-46)41-42-43)49-38(23)30-20-26(39)12-15-31(30)44(37(38)48)21-24-10-13-28(14-11-24)45-32-9-5-7-25-6-4-8-29(34(25)32)36(45)47/h4-15,20,22-23,33,35,46H,16-19,21H2,1-3H3/t23-,33+,35-,38+/m0/s1. The van der Waals surface area contributed by atoms with Gasteiger partial charge in [-0.3, -0.25) is 19.2 Å². The van der Waals surface area contributed by atoms with E-state index in [2.05, 4.69) is 10.3 Å². The molecule has 12 heteroatoms. The van der Waals surface area contributed by atoms with E-state index in [1.807, 2.05) is 73.7 Å². The first-order valence-electron chi connectivity index (χ1n) is 16.9. The number of carbonyl (C=O) groups is 2. The zero-order chi connectivity index (χ0) is 34.9. The summed E-state index contributed by atoms with van der Waals surface area (Å²) in [7, 11) is -3.35. The summed E-state index contributed by atoms with van der Waals surface area (Å²) in [6.07, 6.45) is 2.08.